The van der Waals surface area contributed by atoms with E-state index in [0.717, 1.165) is 19.6 Å². The summed E-state index contributed by atoms with van der Waals surface area (Å²) in [6, 6.07) is 0. The maximum absolute atomic E-state index is 5.96. The van der Waals surface area contributed by atoms with Crippen molar-refractivity contribution in [2.24, 2.45) is 5.84 Å². The van der Waals surface area contributed by atoms with E-state index < -0.39 is 0 Å². The standard InChI is InChI=1S/C11H30N12/c1-7-18-19(8-2)23-21(20(9-3)22(18)23)13-11(4)16-10-17(12)15(6)14(16)5/h11,13H,7-10,12H2,1-6H3. The van der Waals surface area contributed by atoms with E-state index in [1.54, 1.807) is 5.12 Å². The predicted octanol–water partition coefficient (Wildman–Crippen LogP) is -1.80. The molecule has 0 bridgehead atoms. The Hall–Kier alpha value is -0.480. The van der Waals surface area contributed by atoms with Crippen molar-refractivity contribution in [1.82, 2.24) is 56.8 Å². The second-order valence-corrected chi connectivity index (χ2v) is 5.70. The van der Waals surface area contributed by atoms with Gasteiger partial charge in [0.05, 0.1) is 12.8 Å². The van der Waals surface area contributed by atoms with Crippen LogP contribution in [0.5, 0.6) is 0 Å². The third-order valence-corrected chi connectivity index (χ3v) is 4.48. The number of rotatable bonds is 6. The molecule has 3 N–H and O–H groups in total. The van der Waals surface area contributed by atoms with Gasteiger partial charge in [0, 0.05) is 33.7 Å². The van der Waals surface area contributed by atoms with Gasteiger partial charge in [0.2, 0.25) is 0 Å². The molecular formula is C11H30N12. The third kappa shape index (κ3) is 2.48. The fourth-order valence-electron chi connectivity index (χ4n) is 3.09. The average Bonchev–Trinajstić information content (AvgIpc) is 2.77. The van der Waals surface area contributed by atoms with Gasteiger partial charge in [-0.3, -0.25) is 5.84 Å². The molecular weight excluding hydrogens is 300 g/mol. The van der Waals surface area contributed by atoms with Crippen molar-refractivity contribution in [2.75, 3.05) is 40.4 Å². The highest BCUT2D eigenvalue weighted by molar-refractivity contribution is 4.68. The quantitative estimate of drug-likeness (QED) is 0.540. The Morgan fingerprint density at radius 2 is 1.48 bits per heavy atom. The van der Waals surface area contributed by atoms with Crippen molar-refractivity contribution in [3.63, 3.8) is 0 Å². The van der Waals surface area contributed by atoms with Crippen molar-refractivity contribution >= 4 is 0 Å². The Kier molecular flexibility index (Phi) is 4.85. The van der Waals surface area contributed by atoms with Crippen LogP contribution in [0.1, 0.15) is 27.7 Å². The molecule has 3 rings (SSSR count). The van der Waals surface area contributed by atoms with Gasteiger partial charge in [-0.2, -0.15) is 10.1 Å². The summed E-state index contributed by atoms with van der Waals surface area (Å²) in [7, 11) is 3.93. The van der Waals surface area contributed by atoms with Crippen LogP contribution in [0.2, 0.25) is 0 Å². The van der Waals surface area contributed by atoms with E-state index in [-0.39, 0.29) is 6.17 Å². The molecule has 1 atom stereocenters. The van der Waals surface area contributed by atoms with Gasteiger partial charge in [0.15, 0.2) is 0 Å². The summed E-state index contributed by atoms with van der Waals surface area (Å²) in [6.45, 7) is 11.9. The molecule has 1 unspecified atom stereocenters. The van der Waals surface area contributed by atoms with Crippen LogP contribution in [0.25, 0.3) is 0 Å². The van der Waals surface area contributed by atoms with E-state index in [4.69, 9.17) is 5.84 Å². The topological polar surface area (TPSA) is 70.5 Å². The molecule has 0 radical (unpaired) electrons. The van der Waals surface area contributed by atoms with Gasteiger partial charge in [0.1, 0.15) is 0 Å². The second kappa shape index (κ2) is 6.44. The lowest BCUT2D eigenvalue weighted by atomic mass is 10.5. The lowest BCUT2D eigenvalue weighted by Gasteiger charge is -2.72. The third-order valence-electron chi connectivity index (χ3n) is 4.48. The lowest BCUT2D eigenvalue weighted by molar-refractivity contribution is -0.750. The minimum atomic E-state index is 0.0709. The minimum absolute atomic E-state index is 0.0709. The molecule has 0 saturated carbocycles. The van der Waals surface area contributed by atoms with Crippen LogP contribution in [0, 0.1) is 0 Å². The lowest BCUT2D eigenvalue weighted by Crippen LogP contribution is -2.98. The monoisotopic (exact) mass is 330 g/mol. The first-order chi connectivity index (χ1) is 11.0. The Labute approximate surface area is 138 Å². The van der Waals surface area contributed by atoms with Crippen molar-refractivity contribution in [2.45, 2.75) is 33.9 Å². The van der Waals surface area contributed by atoms with E-state index in [1.807, 2.05) is 29.6 Å². The summed E-state index contributed by atoms with van der Waals surface area (Å²) in [5.41, 5.74) is 3.52. The molecule has 0 amide bonds. The SMILES string of the molecule is CCN1N(CC)N2N(NC(C)N3CN(N)N(C)N3C)N(CC)N12. The van der Waals surface area contributed by atoms with E-state index in [1.165, 1.54) is 0 Å². The van der Waals surface area contributed by atoms with Crippen molar-refractivity contribution < 1.29 is 0 Å². The van der Waals surface area contributed by atoms with Gasteiger partial charge in [0.25, 0.3) is 0 Å². The highest BCUT2D eigenvalue weighted by atomic mass is 16.6. The normalized spacial score (nSPS) is 29.9. The minimum Gasteiger partial charge on any atom is -0.252 e. The molecule has 3 heterocycles. The summed E-state index contributed by atoms with van der Waals surface area (Å²) >= 11 is 0. The number of hydrogen-bond donors (Lipinski definition) is 2. The molecule has 3 aliphatic heterocycles. The summed E-state index contributed by atoms with van der Waals surface area (Å²) in [5.74, 6) is 5.96. The van der Waals surface area contributed by atoms with Gasteiger partial charge in [-0.15, -0.1) is 25.6 Å². The van der Waals surface area contributed by atoms with E-state index in [0.29, 0.717) is 6.67 Å². The van der Waals surface area contributed by atoms with Crippen LogP contribution >= 0.6 is 0 Å². The van der Waals surface area contributed by atoms with Crippen molar-refractivity contribution in [1.29, 1.82) is 0 Å². The number of hydrazine groups is 12. The van der Waals surface area contributed by atoms with Gasteiger partial charge < -0.3 is 0 Å². The predicted molar refractivity (Wildman–Crippen MR) is 83.5 cm³/mol. The van der Waals surface area contributed by atoms with Crippen LogP contribution < -0.4 is 11.3 Å². The number of nitrogens with zero attached hydrogens (tertiary/aromatic N) is 10. The molecule has 0 spiro atoms. The molecule has 12 heteroatoms. The van der Waals surface area contributed by atoms with Crippen molar-refractivity contribution in [3.8, 4) is 0 Å². The molecule has 0 aromatic carbocycles. The molecule has 0 aliphatic carbocycles. The molecule has 3 saturated heterocycles. The van der Waals surface area contributed by atoms with E-state index >= 15 is 0 Å². The smallest absolute Gasteiger partial charge is 0.0986 e. The van der Waals surface area contributed by atoms with E-state index in [9.17, 15) is 0 Å². The first kappa shape index (κ1) is 17.3. The average molecular weight is 330 g/mol. The van der Waals surface area contributed by atoms with E-state index in [2.05, 4.69) is 63.9 Å². The Bertz CT molecular complexity index is 422. The number of nitrogens with one attached hydrogen (secondary N) is 1. The van der Waals surface area contributed by atoms with Crippen LogP contribution in [0.3, 0.4) is 0 Å². The highest BCUT2D eigenvalue weighted by Crippen LogP contribution is 2.36. The summed E-state index contributed by atoms with van der Waals surface area (Å²) in [5, 5.41) is 20.5. The zero-order valence-corrected chi connectivity index (χ0v) is 15.0. The molecule has 134 valence electrons. The van der Waals surface area contributed by atoms with Crippen LogP contribution in [0.15, 0.2) is 0 Å². The summed E-state index contributed by atoms with van der Waals surface area (Å²) in [6.07, 6.45) is 0.0709. The fourth-order valence-corrected chi connectivity index (χ4v) is 3.09. The van der Waals surface area contributed by atoms with Gasteiger partial charge in [-0.1, -0.05) is 5.23 Å². The summed E-state index contributed by atoms with van der Waals surface area (Å²) in [4.78, 5) is 0. The van der Waals surface area contributed by atoms with Crippen LogP contribution in [-0.2, 0) is 0 Å². The van der Waals surface area contributed by atoms with Crippen LogP contribution in [-0.4, -0.2) is 98.0 Å². The molecule has 0 aromatic heterocycles. The molecule has 3 fully saturated rings. The largest absolute Gasteiger partial charge is 0.252 e. The maximum Gasteiger partial charge on any atom is 0.0986 e. The maximum atomic E-state index is 5.96. The molecule has 3 aliphatic rings. The Balaban J connectivity index is 1.63. The number of fused-ring (bicyclic) bond motifs is 1. The van der Waals surface area contributed by atoms with Gasteiger partial charge in [-0.05, 0) is 38.1 Å². The Morgan fingerprint density at radius 3 is 1.96 bits per heavy atom. The zero-order chi connectivity index (χ0) is 16.9. The first-order valence-corrected chi connectivity index (χ1v) is 8.20. The highest BCUT2D eigenvalue weighted by Gasteiger charge is 2.60. The van der Waals surface area contributed by atoms with Gasteiger partial charge in [-0.25, -0.2) is 5.43 Å². The Morgan fingerprint density at radius 1 is 0.913 bits per heavy atom. The number of hydrogen-bond acceptors (Lipinski definition) is 12. The molecule has 0 aromatic rings. The zero-order valence-electron chi connectivity index (χ0n) is 15.0. The molecule has 23 heavy (non-hydrogen) atoms. The fraction of sp³-hybridized carbons (Fsp3) is 1.00. The van der Waals surface area contributed by atoms with Crippen LogP contribution in [0.4, 0.5) is 0 Å². The molecule has 12 nitrogen and oxygen atoms in total. The number of nitrogens with two attached hydrogens (primary N) is 1. The summed E-state index contributed by atoms with van der Waals surface area (Å²) < 4.78 is 0. The second-order valence-electron chi connectivity index (χ2n) is 5.70. The van der Waals surface area contributed by atoms with Gasteiger partial charge >= 0.3 is 0 Å². The first-order valence-electron chi connectivity index (χ1n) is 8.20. The van der Waals surface area contributed by atoms with Crippen molar-refractivity contribution in [3.05, 3.63) is 0 Å².